The maximum Gasteiger partial charge on any atom is 0.306 e. The minimum atomic E-state index is -1.42. The maximum absolute atomic E-state index is 12.1. The van der Waals surface area contributed by atoms with Crippen molar-refractivity contribution < 1.29 is 30.0 Å². The topological polar surface area (TPSA) is 127 Å². The molecule has 0 aromatic carbocycles. The molecule has 7 nitrogen and oxygen atoms in total. The molecule has 0 aliphatic heterocycles. The first kappa shape index (κ1) is 19.8. The van der Waals surface area contributed by atoms with Gasteiger partial charge < -0.3 is 25.7 Å². The van der Waals surface area contributed by atoms with Gasteiger partial charge in [0.1, 0.15) is 5.54 Å². The number of carboxylic acid groups (broad SMARTS) is 1. The van der Waals surface area contributed by atoms with E-state index in [4.69, 9.17) is 5.11 Å². The van der Waals surface area contributed by atoms with E-state index in [1.54, 1.807) is 6.92 Å². The van der Waals surface area contributed by atoms with Crippen molar-refractivity contribution in [1.82, 2.24) is 5.32 Å². The van der Waals surface area contributed by atoms with Crippen molar-refractivity contribution in [2.75, 3.05) is 19.8 Å². The number of carbonyl (C=O) groups is 2. The third kappa shape index (κ3) is 6.41. The van der Waals surface area contributed by atoms with Crippen LogP contribution in [-0.4, -0.2) is 57.7 Å². The van der Waals surface area contributed by atoms with Crippen molar-refractivity contribution in [1.29, 1.82) is 0 Å². The summed E-state index contributed by atoms with van der Waals surface area (Å²) < 4.78 is 0. The summed E-state index contributed by atoms with van der Waals surface area (Å²) in [4.78, 5) is 22.8. The standard InChI is InChI=1S/C14H27NO6/c1-3-11(6-4-5-10(2)13(20)21)12(19)15-14(7-16,8-17)9-18/h10-11,16-18H,3-9H2,1-2H3,(H,15,19)(H,20,21). The van der Waals surface area contributed by atoms with Crippen LogP contribution in [0.3, 0.4) is 0 Å². The zero-order valence-corrected chi connectivity index (χ0v) is 12.7. The Morgan fingerprint density at radius 1 is 1.10 bits per heavy atom. The summed E-state index contributed by atoms with van der Waals surface area (Å²) in [5.74, 6) is -1.99. The van der Waals surface area contributed by atoms with Gasteiger partial charge in [-0.3, -0.25) is 9.59 Å². The lowest BCUT2D eigenvalue weighted by molar-refractivity contribution is -0.141. The van der Waals surface area contributed by atoms with Crippen LogP contribution in [0.4, 0.5) is 0 Å². The van der Waals surface area contributed by atoms with Crippen molar-refractivity contribution in [2.24, 2.45) is 11.8 Å². The summed E-state index contributed by atoms with van der Waals surface area (Å²) in [7, 11) is 0. The number of carboxylic acids is 1. The predicted octanol–water partition coefficient (Wildman–Crippen LogP) is -0.264. The Bertz CT molecular complexity index is 321. The number of hydrogen-bond donors (Lipinski definition) is 5. The van der Waals surface area contributed by atoms with Crippen LogP contribution >= 0.6 is 0 Å². The molecule has 21 heavy (non-hydrogen) atoms. The van der Waals surface area contributed by atoms with Gasteiger partial charge in [0, 0.05) is 5.92 Å². The van der Waals surface area contributed by atoms with E-state index in [1.807, 2.05) is 6.92 Å². The first-order valence-corrected chi connectivity index (χ1v) is 7.23. The minimum absolute atomic E-state index is 0.338. The summed E-state index contributed by atoms with van der Waals surface area (Å²) in [6, 6.07) is 0. The van der Waals surface area contributed by atoms with Crippen molar-refractivity contribution in [3.05, 3.63) is 0 Å². The molecule has 0 saturated heterocycles. The Labute approximate surface area is 125 Å². The molecule has 5 N–H and O–H groups in total. The fourth-order valence-corrected chi connectivity index (χ4v) is 1.95. The smallest absolute Gasteiger partial charge is 0.306 e. The van der Waals surface area contributed by atoms with Crippen molar-refractivity contribution in [3.63, 3.8) is 0 Å². The second-order valence-electron chi connectivity index (χ2n) is 5.52. The average Bonchev–Trinajstić information content (AvgIpc) is 2.48. The van der Waals surface area contributed by atoms with Crippen LogP contribution in [0.5, 0.6) is 0 Å². The van der Waals surface area contributed by atoms with Gasteiger partial charge in [0.2, 0.25) is 5.91 Å². The van der Waals surface area contributed by atoms with E-state index in [1.165, 1.54) is 0 Å². The molecule has 0 heterocycles. The van der Waals surface area contributed by atoms with E-state index < -0.39 is 37.2 Å². The molecule has 0 aliphatic carbocycles. The van der Waals surface area contributed by atoms with Crippen molar-refractivity contribution in [2.45, 2.75) is 45.1 Å². The van der Waals surface area contributed by atoms with E-state index in [0.29, 0.717) is 25.7 Å². The number of hydrogen-bond acceptors (Lipinski definition) is 5. The number of aliphatic carboxylic acids is 1. The lowest BCUT2D eigenvalue weighted by atomic mass is 9.93. The summed E-state index contributed by atoms with van der Waals surface area (Å²) >= 11 is 0. The van der Waals surface area contributed by atoms with Crippen LogP contribution < -0.4 is 5.32 Å². The van der Waals surface area contributed by atoms with Crippen molar-refractivity contribution in [3.8, 4) is 0 Å². The molecule has 1 amide bonds. The molecular weight excluding hydrogens is 278 g/mol. The Kier molecular flexibility index (Phi) is 9.16. The molecule has 0 rings (SSSR count). The van der Waals surface area contributed by atoms with Gasteiger partial charge in [0.05, 0.1) is 25.7 Å². The van der Waals surface area contributed by atoms with E-state index in [9.17, 15) is 24.9 Å². The predicted molar refractivity (Wildman–Crippen MR) is 76.6 cm³/mol. The highest BCUT2D eigenvalue weighted by Gasteiger charge is 2.32. The molecule has 0 radical (unpaired) electrons. The van der Waals surface area contributed by atoms with Crippen molar-refractivity contribution >= 4 is 11.9 Å². The number of carbonyl (C=O) groups excluding carboxylic acids is 1. The first-order valence-electron chi connectivity index (χ1n) is 7.23. The van der Waals surface area contributed by atoms with Crippen LogP contribution in [-0.2, 0) is 9.59 Å². The van der Waals surface area contributed by atoms with Crippen LogP contribution in [0.25, 0.3) is 0 Å². The monoisotopic (exact) mass is 305 g/mol. The van der Waals surface area contributed by atoms with Gasteiger partial charge in [-0.2, -0.15) is 0 Å². The molecule has 0 bridgehead atoms. The SMILES string of the molecule is CCC(CCCC(C)C(=O)O)C(=O)NC(CO)(CO)CO. The van der Waals surface area contributed by atoms with Crippen LogP contribution in [0.2, 0.25) is 0 Å². The summed E-state index contributed by atoms with van der Waals surface area (Å²) in [5, 5.41) is 38.9. The van der Waals surface area contributed by atoms with E-state index >= 15 is 0 Å². The molecule has 0 fully saturated rings. The zero-order valence-electron chi connectivity index (χ0n) is 12.7. The highest BCUT2D eigenvalue weighted by atomic mass is 16.4. The first-order chi connectivity index (χ1) is 9.85. The lowest BCUT2D eigenvalue weighted by Gasteiger charge is -2.30. The molecule has 0 aromatic rings. The Hall–Kier alpha value is -1.18. The second-order valence-corrected chi connectivity index (χ2v) is 5.52. The lowest BCUT2D eigenvalue weighted by Crippen LogP contribution is -2.58. The Balaban J connectivity index is 4.45. The van der Waals surface area contributed by atoms with Crippen LogP contribution in [0.1, 0.15) is 39.5 Å². The normalized spacial score (nSPS) is 14.5. The molecule has 124 valence electrons. The Morgan fingerprint density at radius 2 is 1.62 bits per heavy atom. The number of rotatable bonds is 11. The highest BCUT2D eigenvalue weighted by Crippen LogP contribution is 2.17. The molecule has 0 aromatic heterocycles. The fraction of sp³-hybridized carbons (Fsp3) is 0.857. The quantitative estimate of drug-likeness (QED) is 0.358. The summed E-state index contributed by atoms with van der Waals surface area (Å²) in [6.45, 7) is 1.79. The van der Waals surface area contributed by atoms with Gasteiger partial charge in [-0.05, 0) is 19.3 Å². The highest BCUT2D eigenvalue weighted by molar-refractivity contribution is 5.79. The van der Waals surface area contributed by atoms with E-state index in [0.717, 1.165) is 0 Å². The largest absolute Gasteiger partial charge is 0.481 e. The summed E-state index contributed by atoms with van der Waals surface area (Å²) in [5.41, 5.74) is -1.42. The number of nitrogens with one attached hydrogen (secondary N) is 1. The third-order valence-corrected chi connectivity index (χ3v) is 3.77. The third-order valence-electron chi connectivity index (χ3n) is 3.77. The maximum atomic E-state index is 12.1. The summed E-state index contributed by atoms with van der Waals surface area (Å²) in [6.07, 6.45) is 2.18. The van der Waals surface area contributed by atoms with Gasteiger partial charge in [-0.15, -0.1) is 0 Å². The van der Waals surface area contributed by atoms with E-state index in [2.05, 4.69) is 5.32 Å². The molecule has 7 heteroatoms. The second kappa shape index (κ2) is 9.70. The van der Waals surface area contributed by atoms with Gasteiger partial charge in [-0.25, -0.2) is 0 Å². The minimum Gasteiger partial charge on any atom is -0.481 e. The van der Waals surface area contributed by atoms with Crippen LogP contribution in [0, 0.1) is 11.8 Å². The molecular formula is C14H27NO6. The molecule has 0 aliphatic rings. The van der Waals surface area contributed by atoms with E-state index in [-0.39, 0.29) is 11.8 Å². The molecule has 2 atom stereocenters. The molecule has 0 spiro atoms. The molecule has 2 unspecified atom stereocenters. The number of aliphatic hydroxyl groups excluding tert-OH is 3. The van der Waals surface area contributed by atoms with Gasteiger partial charge in [-0.1, -0.05) is 20.3 Å². The molecule has 0 saturated carbocycles. The Morgan fingerprint density at radius 3 is 2.00 bits per heavy atom. The average molecular weight is 305 g/mol. The number of aliphatic hydroxyl groups is 3. The van der Waals surface area contributed by atoms with Gasteiger partial charge in [0.15, 0.2) is 0 Å². The van der Waals surface area contributed by atoms with Gasteiger partial charge in [0.25, 0.3) is 0 Å². The van der Waals surface area contributed by atoms with Gasteiger partial charge >= 0.3 is 5.97 Å². The van der Waals surface area contributed by atoms with Crippen LogP contribution in [0.15, 0.2) is 0 Å². The zero-order chi connectivity index (χ0) is 16.5. The fourth-order valence-electron chi connectivity index (χ4n) is 1.95. The number of amides is 1.